The number of amides is 2. The minimum atomic E-state index is -0.932. The van der Waals surface area contributed by atoms with Crippen LogP contribution in [0.5, 0.6) is 0 Å². The van der Waals surface area contributed by atoms with Crippen molar-refractivity contribution in [2.75, 3.05) is 11.9 Å². The summed E-state index contributed by atoms with van der Waals surface area (Å²) in [5.41, 5.74) is -0.345. The van der Waals surface area contributed by atoms with Gasteiger partial charge in [-0.2, -0.15) is 0 Å². The Hall–Kier alpha value is -3.27. The summed E-state index contributed by atoms with van der Waals surface area (Å²) in [4.78, 5) is 26.5. The SMILES string of the molecule is O=C(Nc1cccc(F)c1)c1nnc(C2CCCN2C(=O)c2c(F)cccc2F)s1. The van der Waals surface area contributed by atoms with Crippen LogP contribution in [0.2, 0.25) is 0 Å². The molecule has 30 heavy (non-hydrogen) atoms. The fraction of sp³-hybridized carbons (Fsp3) is 0.200. The summed E-state index contributed by atoms with van der Waals surface area (Å²) < 4.78 is 41.3. The third kappa shape index (κ3) is 3.90. The van der Waals surface area contributed by atoms with Crippen LogP contribution in [-0.2, 0) is 0 Å². The van der Waals surface area contributed by atoms with Gasteiger partial charge in [0.15, 0.2) is 0 Å². The van der Waals surface area contributed by atoms with Crippen molar-refractivity contribution in [1.82, 2.24) is 15.1 Å². The maximum Gasteiger partial charge on any atom is 0.286 e. The normalized spacial score (nSPS) is 16.0. The van der Waals surface area contributed by atoms with E-state index in [1.54, 1.807) is 0 Å². The van der Waals surface area contributed by atoms with Crippen molar-refractivity contribution in [1.29, 1.82) is 0 Å². The van der Waals surface area contributed by atoms with Gasteiger partial charge in [-0.15, -0.1) is 10.2 Å². The number of anilines is 1. The van der Waals surface area contributed by atoms with Gasteiger partial charge in [0, 0.05) is 12.2 Å². The Labute approximate surface area is 173 Å². The van der Waals surface area contributed by atoms with Crippen LogP contribution in [-0.4, -0.2) is 33.5 Å². The van der Waals surface area contributed by atoms with E-state index in [1.165, 1.54) is 35.2 Å². The maximum atomic E-state index is 14.0. The first-order valence-electron chi connectivity index (χ1n) is 9.09. The molecule has 1 aromatic heterocycles. The zero-order valence-corrected chi connectivity index (χ0v) is 16.3. The van der Waals surface area contributed by atoms with Gasteiger partial charge in [0.05, 0.1) is 6.04 Å². The number of carbonyl (C=O) groups excluding carboxylic acids is 2. The number of aromatic nitrogens is 2. The summed E-state index contributed by atoms with van der Waals surface area (Å²) >= 11 is 0.977. The molecule has 2 heterocycles. The Morgan fingerprint density at radius 2 is 1.80 bits per heavy atom. The second-order valence-corrected chi connectivity index (χ2v) is 7.67. The lowest BCUT2D eigenvalue weighted by molar-refractivity contribution is 0.0725. The van der Waals surface area contributed by atoms with Gasteiger partial charge in [-0.05, 0) is 43.2 Å². The van der Waals surface area contributed by atoms with E-state index in [1.807, 2.05) is 0 Å². The van der Waals surface area contributed by atoms with Gasteiger partial charge < -0.3 is 10.2 Å². The molecule has 1 fully saturated rings. The lowest BCUT2D eigenvalue weighted by Crippen LogP contribution is -2.32. The van der Waals surface area contributed by atoms with E-state index in [0.29, 0.717) is 24.4 Å². The summed E-state index contributed by atoms with van der Waals surface area (Å²) in [6.07, 6.45) is 1.15. The first kappa shape index (κ1) is 20.0. The van der Waals surface area contributed by atoms with Crippen molar-refractivity contribution in [3.8, 4) is 0 Å². The zero-order chi connectivity index (χ0) is 21.3. The van der Waals surface area contributed by atoms with Crippen LogP contribution in [0.4, 0.5) is 18.9 Å². The van der Waals surface area contributed by atoms with Gasteiger partial charge in [-0.25, -0.2) is 13.2 Å². The Kier molecular flexibility index (Phi) is 5.49. The highest BCUT2D eigenvalue weighted by atomic mass is 32.1. The zero-order valence-electron chi connectivity index (χ0n) is 15.4. The summed E-state index contributed by atoms with van der Waals surface area (Å²) in [5.74, 6) is -3.70. The Morgan fingerprint density at radius 3 is 2.53 bits per heavy atom. The van der Waals surface area contributed by atoms with E-state index >= 15 is 0 Å². The number of hydrogen-bond acceptors (Lipinski definition) is 5. The van der Waals surface area contributed by atoms with Crippen LogP contribution in [0.3, 0.4) is 0 Å². The molecule has 3 aromatic rings. The van der Waals surface area contributed by atoms with E-state index in [0.717, 1.165) is 23.5 Å². The number of nitrogens with one attached hydrogen (secondary N) is 1. The average Bonchev–Trinajstić information content (AvgIpc) is 3.37. The van der Waals surface area contributed by atoms with Gasteiger partial charge >= 0.3 is 0 Å². The quantitative estimate of drug-likeness (QED) is 0.671. The van der Waals surface area contributed by atoms with Gasteiger partial charge in [0.1, 0.15) is 28.0 Å². The third-order valence-electron chi connectivity index (χ3n) is 4.69. The molecule has 2 aromatic carbocycles. The minimum Gasteiger partial charge on any atom is -0.329 e. The second-order valence-electron chi connectivity index (χ2n) is 6.66. The highest BCUT2D eigenvalue weighted by Gasteiger charge is 2.35. The fourth-order valence-electron chi connectivity index (χ4n) is 3.32. The number of hydrogen-bond donors (Lipinski definition) is 1. The molecule has 1 unspecified atom stereocenters. The summed E-state index contributed by atoms with van der Waals surface area (Å²) in [6.45, 7) is 0.307. The molecular formula is C20H15F3N4O2S. The van der Waals surface area contributed by atoms with Crippen LogP contribution < -0.4 is 5.32 Å². The average molecular weight is 432 g/mol. The molecule has 1 N–H and O–H groups in total. The van der Waals surface area contributed by atoms with E-state index in [-0.39, 0.29) is 10.7 Å². The molecule has 1 saturated heterocycles. The van der Waals surface area contributed by atoms with Crippen molar-refractivity contribution >= 4 is 28.8 Å². The lowest BCUT2D eigenvalue weighted by atomic mass is 10.1. The largest absolute Gasteiger partial charge is 0.329 e. The molecule has 1 aliphatic heterocycles. The number of carbonyl (C=O) groups is 2. The smallest absolute Gasteiger partial charge is 0.286 e. The molecule has 0 aliphatic carbocycles. The predicted octanol–water partition coefficient (Wildman–Crippen LogP) is 4.19. The van der Waals surface area contributed by atoms with Crippen LogP contribution in [0.25, 0.3) is 0 Å². The van der Waals surface area contributed by atoms with E-state index < -0.39 is 40.9 Å². The highest BCUT2D eigenvalue weighted by Crippen LogP contribution is 2.35. The molecule has 2 amide bonds. The van der Waals surface area contributed by atoms with Gasteiger partial charge in [0.2, 0.25) is 5.01 Å². The standard InChI is InChI=1S/C20H15F3N4O2S/c21-11-4-1-5-12(10-11)24-17(28)19-26-25-18(30-19)15-8-3-9-27(15)20(29)16-13(22)6-2-7-14(16)23/h1-2,4-7,10,15H,3,8-9H2,(H,24,28). The first-order chi connectivity index (χ1) is 14.4. The molecular weight excluding hydrogens is 417 g/mol. The monoisotopic (exact) mass is 432 g/mol. The fourth-order valence-corrected chi connectivity index (χ4v) is 4.21. The number of benzene rings is 2. The van der Waals surface area contributed by atoms with Crippen LogP contribution in [0, 0.1) is 17.5 Å². The van der Waals surface area contributed by atoms with Crippen LogP contribution >= 0.6 is 11.3 Å². The lowest BCUT2D eigenvalue weighted by Gasteiger charge is -2.23. The summed E-state index contributed by atoms with van der Waals surface area (Å²) in [7, 11) is 0. The Balaban J connectivity index is 1.53. The molecule has 1 aliphatic rings. The number of nitrogens with zero attached hydrogens (tertiary/aromatic N) is 3. The van der Waals surface area contributed by atoms with E-state index in [9.17, 15) is 22.8 Å². The van der Waals surface area contributed by atoms with Crippen molar-refractivity contribution in [3.63, 3.8) is 0 Å². The molecule has 0 spiro atoms. The van der Waals surface area contributed by atoms with Gasteiger partial charge in [-0.1, -0.05) is 23.5 Å². The van der Waals surface area contributed by atoms with Gasteiger partial charge in [0.25, 0.3) is 11.8 Å². The summed E-state index contributed by atoms with van der Waals surface area (Å²) in [5, 5.41) is 10.8. The first-order valence-corrected chi connectivity index (χ1v) is 9.91. The highest BCUT2D eigenvalue weighted by molar-refractivity contribution is 7.13. The Bertz CT molecular complexity index is 1100. The number of likely N-dealkylation sites (tertiary alicyclic amines) is 1. The van der Waals surface area contributed by atoms with Crippen molar-refractivity contribution in [3.05, 3.63) is 75.5 Å². The van der Waals surface area contributed by atoms with Crippen LogP contribution in [0.15, 0.2) is 42.5 Å². The minimum absolute atomic E-state index is 0.0330. The molecule has 0 radical (unpaired) electrons. The molecule has 0 bridgehead atoms. The number of halogens is 3. The molecule has 4 rings (SSSR count). The Morgan fingerprint density at radius 1 is 1.07 bits per heavy atom. The molecule has 1 atom stereocenters. The van der Waals surface area contributed by atoms with Gasteiger partial charge in [-0.3, -0.25) is 9.59 Å². The molecule has 154 valence electrons. The third-order valence-corrected chi connectivity index (χ3v) is 5.72. The van der Waals surface area contributed by atoms with Crippen LogP contribution in [0.1, 0.15) is 44.1 Å². The molecule has 0 saturated carbocycles. The predicted molar refractivity (Wildman–Crippen MR) is 104 cm³/mol. The maximum absolute atomic E-state index is 14.0. The van der Waals surface area contributed by atoms with Crippen molar-refractivity contribution in [2.45, 2.75) is 18.9 Å². The van der Waals surface area contributed by atoms with E-state index in [4.69, 9.17) is 0 Å². The van der Waals surface area contributed by atoms with Crippen molar-refractivity contribution < 1.29 is 22.8 Å². The molecule has 6 nitrogen and oxygen atoms in total. The van der Waals surface area contributed by atoms with Crippen molar-refractivity contribution in [2.24, 2.45) is 0 Å². The van der Waals surface area contributed by atoms with E-state index in [2.05, 4.69) is 15.5 Å². The summed E-state index contributed by atoms with van der Waals surface area (Å²) in [6, 6.07) is 8.12. The second kappa shape index (κ2) is 8.23. The topological polar surface area (TPSA) is 75.2 Å². The molecule has 10 heteroatoms. The number of rotatable bonds is 4.